The van der Waals surface area contributed by atoms with Crippen molar-refractivity contribution in [1.82, 2.24) is 0 Å². The molecule has 18 heavy (non-hydrogen) atoms. The van der Waals surface area contributed by atoms with Crippen LogP contribution in [0.15, 0.2) is 9.98 Å². The van der Waals surface area contributed by atoms with Gasteiger partial charge in [0, 0.05) is 6.42 Å². The van der Waals surface area contributed by atoms with Crippen LogP contribution >= 0.6 is 0 Å². The Morgan fingerprint density at radius 1 is 1.28 bits per heavy atom. The number of nitrogens with zero attached hydrogens (tertiary/aromatic N) is 2. The van der Waals surface area contributed by atoms with E-state index < -0.39 is 6.04 Å². The van der Waals surface area contributed by atoms with E-state index in [2.05, 4.69) is 9.98 Å². The Balaban J connectivity index is 2.15. The first kappa shape index (κ1) is 12.9. The topological polar surface area (TPSA) is 69.5 Å². The molecule has 100 valence electrons. The van der Waals surface area contributed by atoms with Gasteiger partial charge in [-0.2, -0.15) is 0 Å². The Kier molecular flexibility index (Phi) is 3.54. The van der Waals surface area contributed by atoms with Crippen LogP contribution in [-0.2, 0) is 19.0 Å². The molecular weight excluding hydrogens is 236 g/mol. The number of carbonyl (C=O) groups excluding carboxylic acids is 1. The molecule has 0 bridgehead atoms. The summed E-state index contributed by atoms with van der Waals surface area (Å²) in [4.78, 5) is 20.2. The normalized spacial score (nSPS) is 34.4. The fourth-order valence-corrected chi connectivity index (χ4v) is 2.04. The lowest BCUT2D eigenvalue weighted by atomic mass is 10.2. The van der Waals surface area contributed by atoms with E-state index in [0.717, 1.165) is 6.42 Å². The maximum atomic E-state index is 11.5. The lowest BCUT2D eigenvalue weighted by Crippen LogP contribution is -2.30. The molecule has 0 aromatic heterocycles. The van der Waals surface area contributed by atoms with Gasteiger partial charge in [-0.15, -0.1) is 0 Å². The first-order chi connectivity index (χ1) is 8.56. The Bertz CT molecular complexity index is 405. The number of ether oxygens (including phenoxy) is 3. The van der Waals surface area contributed by atoms with Gasteiger partial charge in [0.1, 0.15) is 12.2 Å². The SMILES string of the molecule is CCC1=NC(C2=NC(C(=O)OC)C(C)O2)C(C)O1. The predicted molar refractivity (Wildman–Crippen MR) is 65.8 cm³/mol. The van der Waals surface area contributed by atoms with Crippen LogP contribution in [0.5, 0.6) is 0 Å². The minimum Gasteiger partial charge on any atom is -0.475 e. The summed E-state index contributed by atoms with van der Waals surface area (Å²) < 4.78 is 15.9. The largest absolute Gasteiger partial charge is 0.475 e. The smallest absolute Gasteiger partial charge is 0.334 e. The second kappa shape index (κ2) is 4.96. The highest BCUT2D eigenvalue weighted by Gasteiger charge is 2.41. The number of hydrogen-bond donors (Lipinski definition) is 0. The molecule has 2 rings (SSSR count). The third-order valence-electron chi connectivity index (χ3n) is 3.07. The molecule has 0 saturated carbocycles. The van der Waals surface area contributed by atoms with E-state index in [1.54, 1.807) is 6.92 Å². The van der Waals surface area contributed by atoms with E-state index in [4.69, 9.17) is 14.2 Å². The molecule has 0 aliphatic carbocycles. The van der Waals surface area contributed by atoms with Crippen LogP contribution in [0.3, 0.4) is 0 Å². The average molecular weight is 254 g/mol. The zero-order chi connectivity index (χ0) is 13.3. The van der Waals surface area contributed by atoms with E-state index in [0.29, 0.717) is 11.8 Å². The lowest BCUT2D eigenvalue weighted by Gasteiger charge is -2.14. The molecule has 2 aliphatic rings. The van der Waals surface area contributed by atoms with Crippen molar-refractivity contribution in [3.05, 3.63) is 0 Å². The third kappa shape index (κ3) is 2.19. The van der Waals surface area contributed by atoms with Crippen molar-refractivity contribution in [1.29, 1.82) is 0 Å². The molecule has 2 aliphatic heterocycles. The highest BCUT2D eigenvalue weighted by molar-refractivity contribution is 5.93. The maximum absolute atomic E-state index is 11.5. The van der Waals surface area contributed by atoms with Crippen molar-refractivity contribution in [2.45, 2.75) is 51.5 Å². The second-order valence-corrected chi connectivity index (χ2v) is 4.40. The van der Waals surface area contributed by atoms with Crippen molar-refractivity contribution < 1.29 is 19.0 Å². The van der Waals surface area contributed by atoms with Gasteiger partial charge < -0.3 is 14.2 Å². The van der Waals surface area contributed by atoms with E-state index in [1.165, 1.54) is 7.11 Å². The summed E-state index contributed by atoms with van der Waals surface area (Å²) in [6.45, 7) is 5.69. The maximum Gasteiger partial charge on any atom is 0.334 e. The van der Waals surface area contributed by atoms with Gasteiger partial charge in [-0.25, -0.2) is 14.8 Å². The second-order valence-electron chi connectivity index (χ2n) is 4.40. The lowest BCUT2D eigenvalue weighted by molar-refractivity contribution is -0.143. The van der Waals surface area contributed by atoms with E-state index in [1.807, 2.05) is 13.8 Å². The highest BCUT2D eigenvalue weighted by Crippen LogP contribution is 2.23. The zero-order valence-corrected chi connectivity index (χ0v) is 11.0. The van der Waals surface area contributed by atoms with Gasteiger partial charge in [0.25, 0.3) is 0 Å². The summed E-state index contributed by atoms with van der Waals surface area (Å²) in [5.74, 6) is 0.783. The molecule has 6 nitrogen and oxygen atoms in total. The molecule has 0 spiro atoms. The molecule has 0 amide bonds. The Morgan fingerprint density at radius 2 is 2.00 bits per heavy atom. The zero-order valence-electron chi connectivity index (χ0n) is 11.0. The van der Waals surface area contributed by atoms with Crippen molar-refractivity contribution in [3.63, 3.8) is 0 Å². The van der Waals surface area contributed by atoms with Gasteiger partial charge in [0.05, 0.1) is 7.11 Å². The van der Waals surface area contributed by atoms with Gasteiger partial charge in [0.15, 0.2) is 18.0 Å². The summed E-state index contributed by atoms with van der Waals surface area (Å²) in [5, 5.41) is 0. The number of hydrogen-bond acceptors (Lipinski definition) is 6. The molecule has 0 radical (unpaired) electrons. The van der Waals surface area contributed by atoms with E-state index >= 15 is 0 Å². The summed E-state index contributed by atoms with van der Waals surface area (Å²) in [7, 11) is 1.34. The van der Waals surface area contributed by atoms with Crippen LogP contribution in [-0.4, -0.2) is 49.2 Å². The molecule has 0 saturated heterocycles. The Hall–Kier alpha value is -1.59. The molecule has 4 unspecified atom stereocenters. The number of rotatable bonds is 3. The van der Waals surface area contributed by atoms with Crippen molar-refractivity contribution in [2.75, 3.05) is 7.11 Å². The van der Waals surface area contributed by atoms with Gasteiger partial charge in [-0.3, -0.25) is 0 Å². The summed E-state index contributed by atoms with van der Waals surface area (Å²) >= 11 is 0. The minimum atomic E-state index is -0.599. The average Bonchev–Trinajstić information content (AvgIpc) is 2.91. The molecular formula is C12H18N2O4. The molecule has 0 fully saturated rings. The molecule has 6 heteroatoms. The van der Waals surface area contributed by atoms with E-state index in [-0.39, 0.29) is 24.2 Å². The first-order valence-corrected chi connectivity index (χ1v) is 6.12. The van der Waals surface area contributed by atoms with Crippen LogP contribution in [0, 0.1) is 0 Å². The number of methoxy groups -OCH3 is 1. The summed E-state index contributed by atoms with van der Waals surface area (Å²) in [6, 6.07) is -0.852. The molecule has 0 N–H and O–H groups in total. The summed E-state index contributed by atoms with van der Waals surface area (Å²) in [5.41, 5.74) is 0. The molecule has 0 aromatic carbocycles. The predicted octanol–water partition coefficient (Wildman–Crippen LogP) is 0.941. The van der Waals surface area contributed by atoms with Gasteiger partial charge in [-0.1, -0.05) is 6.92 Å². The van der Waals surface area contributed by atoms with Crippen LogP contribution in [0.4, 0.5) is 0 Å². The fraction of sp³-hybridized carbons (Fsp3) is 0.750. The number of esters is 1. The molecule has 0 aromatic rings. The van der Waals surface area contributed by atoms with Gasteiger partial charge in [0.2, 0.25) is 5.90 Å². The molecule has 2 heterocycles. The first-order valence-electron chi connectivity index (χ1n) is 6.12. The van der Waals surface area contributed by atoms with Crippen LogP contribution in [0.1, 0.15) is 27.2 Å². The number of aliphatic imine (C=N–C) groups is 2. The monoisotopic (exact) mass is 254 g/mol. The highest BCUT2D eigenvalue weighted by atomic mass is 16.5. The van der Waals surface area contributed by atoms with Crippen molar-refractivity contribution >= 4 is 17.8 Å². The third-order valence-corrected chi connectivity index (χ3v) is 3.07. The molecule has 4 atom stereocenters. The minimum absolute atomic E-state index is 0.109. The van der Waals surface area contributed by atoms with E-state index in [9.17, 15) is 4.79 Å². The van der Waals surface area contributed by atoms with Crippen molar-refractivity contribution in [2.24, 2.45) is 9.98 Å². The van der Waals surface area contributed by atoms with Gasteiger partial charge in [-0.05, 0) is 13.8 Å². The van der Waals surface area contributed by atoms with Crippen LogP contribution < -0.4 is 0 Å². The Morgan fingerprint density at radius 3 is 2.56 bits per heavy atom. The quantitative estimate of drug-likeness (QED) is 0.703. The summed E-state index contributed by atoms with van der Waals surface area (Å²) in [6.07, 6.45) is 0.312. The Labute approximate surface area is 106 Å². The standard InChI is InChI=1S/C12H18N2O4/c1-5-8-13-9(6(2)17-8)11-14-10(7(3)18-11)12(15)16-4/h6-7,9-10H,5H2,1-4H3. The van der Waals surface area contributed by atoms with Crippen LogP contribution in [0.2, 0.25) is 0 Å². The number of carbonyl (C=O) groups is 1. The van der Waals surface area contributed by atoms with Gasteiger partial charge >= 0.3 is 5.97 Å². The van der Waals surface area contributed by atoms with Crippen molar-refractivity contribution in [3.8, 4) is 0 Å². The fourth-order valence-electron chi connectivity index (χ4n) is 2.04. The van der Waals surface area contributed by atoms with Crippen LogP contribution in [0.25, 0.3) is 0 Å².